The minimum atomic E-state index is -0.842. The average molecular weight is 301 g/mol. The first-order valence-corrected chi connectivity index (χ1v) is 8.27. The fraction of sp³-hybridized carbons (Fsp3) is 0.846. The van der Waals surface area contributed by atoms with Crippen LogP contribution in [0.4, 0.5) is 4.79 Å². The first kappa shape index (κ1) is 15.4. The number of aliphatic carboxylic acids is 1. The van der Waals surface area contributed by atoms with E-state index in [1.807, 2.05) is 0 Å². The summed E-state index contributed by atoms with van der Waals surface area (Å²) in [4.78, 5) is 27.1. The number of likely N-dealkylation sites (N-methyl/N-ethyl adjacent to an activating group) is 1. The molecule has 0 aromatic rings. The number of nitrogens with one attached hydrogen (secondary N) is 1. The Morgan fingerprint density at radius 2 is 2.15 bits per heavy atom. The second kappa shape index (κ2) is 7.17. The number of hydrogen-bond acceptors (Lipinski definition) is 4. The molecule has 0 aliphatic carbocycles. The van der Waals surface area contributed by atoms with Crippen LogP contribution in [0.15, 0.2) is 0 Å². The fourth-order valence-electron chi connectivity index (χ4n) is 2.84. The van der Waals surface area contributed by atoms with Gasteiger partial charge >= 0.3 is 12.0 Å². The molecule has 2 amide bonds. The Labute approximate surface area is 123 Å². The van der Waals surface area contributed by atoms with Gasteiger partial charge in [-0.3, -0.25) is 4.79 Å². The highest BCUT2D eigenvalue weighted by Crippen LogP contribution is 2.19. The predicted molar refractivity (Wildman–Crippen MR) is 79.1 cm³/mol. The van der Waals surface area contributed by atoms with Crippen molar-refractivity contribution in [1.82, 2.24) is 15.1 Å². The normalized spacial score (nSPS) is 27.6. The van der Waals surface area contributed by atoms with Gasteiger partial charge in [-0.1, -0.05) is 0 Å². The van der Waals surface area contributed by atoms with Gasteiger partial charge in [0.25, 0.3) is 0 Å². The number of hydrogen-bond donors (Lipinski definition) is 2. The van der Waals surface area contributed by atoms with Crippen LogP contribution in [0.2, 0.25) is 0 Å². The van der Waals surface area contributed by atoms with Gasteiger partial charge in [0.1, 0.15) is 0 Å². The number of rotatable bonds is 4. The maximum absolute atomic E-state index is 12.2. The van der Waals surface area contributed by atoms with Gasteiger partial charge in [0.15, 0.2) is 0 Å². The fourth-order valence-corrected chi connectivity index (χ4v) is 3.90. The molecule has 2 N–H and O–H groups in total. The molecular weight excluding hydrogens is 278 g/mol. The van der Waals surface area contributed by atoms with Crippen LogP contribution in [0.3, 0.4) is 0 Å². The van der Waals surface area contributed by atoms with E-state index in [1.54, 1.807) is 16.7 Å². The molecule has 6 nitrogen and oxygen atoms in total. The third-order valence-electron chi connectivity index (χ3n) is 4.06. The lowest BCUT2D eigenvalue weighted by atomic mass is 10.2. The van der Waals surface area contributed by atoms with Crippen LogP contribution < -0.4 is 5.32 Å². The highest BCUT2D eigenvalue weighted by Gasteiger charge is 2.29. The number of likely N-dealkylation sites (tertiary alicyclic amines) is 1. The molecular formula is C13H23N3O3S. The molecule has 0 aromatic heterocycles. The Bertz CT molecular complexity index is 367. The number of amides is 2. The lowest BCUT2D eigenvalue weighted by molar-refractivity contribution is -0.137. The highest BCUT2D eigenvalue weighted by atomic mass is 32.2. The van der Waals surface area contributed by atoms with E-state index in [0.29, 0.717) is 24.9 Å². The maximum atomic E-state index is 12.2. The summed E-state index contributed by atoms with van der Waals surface area (Å²) in [5.41, 5.74) is 0. The molecule has 114 valence electrons. The zero-order valence-electron chi connectivity index (χ0n) is 11.9. The Morgan fingerprint density at radius 3 is 2.80 bits per heavy atom. The summed E-state index contributed by atoms with van der Waals surface area (Å²) in [6, 6.07) is 0.112. The van der Waals surface area contributed by atoms with Gasteiger partial charge in [0.2, 0.25) is 0 Å². The van der Waals surface area contributed by atoms with Gasteiger partial charge in [0, 0.05) is 30.6 Å². The van der Waals surface area contributed by atoms with Crippen molar-refractivity contribution >= 4 is 23.8 Å². The van der Waals surface area contributed by atoms with Crippen LogP contribution in [0, 0.1) is 0 Å². The van der Waals surface area contributed by atoms with E-state index >= 15 is 0 Å². The summed E-state index contributed by atoms with van der Waals surface area (Å²) in [5, 5.41) is 11.9. The quantitative estimate of drug-likeness (QED) is 0.799. The first-order valence-electron chi connectivity index (χ1n) is 7.12. The average Bonchev–Trinajstić information content (AvgIpc) is 2.81. The summed E-state index contributed by atoms with van der Waals surface area (Å²) >= 11 is 1.72. The number of urea groups is 1. The van der Waals surface area contributed by atoms with Crippen molar-refractivity contribution in [3.8, 4) is 0 Å². The molecule has 0 aromatic carbocycles. The van der Waals surface area contributed by atoms with Gasteiger partial charge in [-0.25, -0.2) is 4.79 Å². The van der Waals surface area contributed by atoms with Gasteiger partial charge in [-0.2, -0.15) is 11.8 Å². The summed E-state index contributed by atoms with van der Waals surface area (Å²) in [5.74, 6) is 0.751. The molecule has 2 unspecified atom stereocenters. The number of nitrogens with zero attached hydrogens (tertiary/aromatic N) is 2. The molecule has 7 heteroatoms. The van der Waals surface area contributed by atoms with E-state index in [0.717, 1.165) is 18.7 Å². The SMILES string of the molecule is CN1CCCC1CNC(=O)N1CCSCC1CC(=O)O. The van der Waals surface area contributed by atoms with Crippen molar-refractivity contribution in [2.75, 3.05) is 38.2 Å². The highest BCUT2D eigenvalue weighted by molar-refractivity contribution is 7.99. The zero-order chi connectivity index (χ0) is 14.5. The second-order valence-electron chi connectivity index (χ2n) is 5.48. The third kappa shape index (κ3) is 4.02. The Balaban J connectivity index is 1.84. The summed E-state index contributed by atoms with van der Waals surface area (Å²) in [6.45, 7) is 2.37. The van der Waals surface area contributed by atoms with Gasteiger partial charge in [-0.05, 0) is 26.4 Å². The minimum Gasteiger partial charge on any atom is -0.481 e. The molecule has 2 heterocycles. The molecule has 2 fully saturated rings. The number of carboxylic acid groups (broad SMARTS) is 1. The van der Waals surface area contributed by atoms with E-state index in [9.17, 15) is 9.59 Å². The predicted octanol–water partition coefficient (Wildman–Crippen LogP) is 0.682. The molecule has 2 atom stereocenters. The van der Waals surface area contributed by atoms with Crippen LogP contribution in [0.1, 0.15) is 19.3 Å². The van der Waals surface area contributed by atoms with Crippen molar-refractivity contribution in [2.45, 2.75) is 31.3 Å². The molecule has 0 saturated carbocycles. The molecule has 2 saturated heterocycles. The maximum Gasteiger partial charge on any atom is 0.317 e. The number of carboxylic acids is 1. The lowest BCUT2D eigenvalue weighted by Crippen LogP contribution is -2.52. The van der Waals surface area contributed by atoms with Crippen LogP contribution in [0.25, 0.3) is 0 Å². The Morgan fingerprint density at radius 1 is 1.35 bits per heavy atom. The lowest BCUT2D eigenvalue weighted by Gasteiger charge is -2.35. The van der Waals surface area contributed by atoms with Crippen molar-refractivity contribution in [1.29, 1.82) is 0 Å². The summed E-state index contributed by atoms with van der Waals surface area (Å²) in [7, 11) is 2.08. The van der Waals surface area contributed by atoms with E-state index in [2.05, 4.69) is 17.3 Å². The molecule has 0 spiro atoms. The summed E-state index contributed by atoms with van der Waals surface area (Å²) < 4.78 is 0. The number of thioether (sulfide) groups is 1. The topological polar surface area (TPSA) is 72.9 Å². The minimum absolute atomic E-state index is 0.0315. The zero-order valence-corrected chi connectivity index (χ0v) is 12.7. The Hall–Kier alpha value is -0.950. The molecule has 2 aliphatic rings. The monoisotopic (exact) mass is 301 g/mol. The molecule has 2 aliphatic heterocycles. The van der Waals surface area contributed by atoms with Gasteiger partial charge < -0.3 is 20.2 Å². The van der Waals surface area contributed by atoms with Crippen molar-refractivity contribution in [3.63, 3.8) is 0 Å². The van der Waals surface area contributed by atoms with Crippen molar-refractivity contribution < 1.29 is 14.7 Å². The van der Waals surface area contributed by atoms with E-state index in [1.165, 1.54) is 6.42 Å². The molecule has 2 rings (SSSR count). The molecule has 0 radical (unpaired) electrons. The van der Waals surface area contributed by atoms with Crippen LogP contribution in [-0.2, 0) is 4.79 Å². The molecule has 0 bridgehead atoms. The second-order valence-corrected chi connectivity index (χ2v) is 6.63. The van der Waals surface area contributed by atoms with E-state index in [-0.39, 0.29) is 18.5 Å². The van der Waals surface area contributed by atoms with Crippen LogP contribution in [0.5, 0.6) is 0 Å². The number of carbonyl (C=O) groups is 2. The van der Waals surface area contributed by atoms with Gasteiger partial charge in [-0.15, -0.1) is 0 Å². The number of carbonyl (C=O) groups excluding carboxylic acids is 1. The smallest absolute Gasteiger partial charge is 0.317 e. The summed E-state index contributed by atoms with van der Waals surface area (Å²) in [6.07, 6.45) is 2.33. The van der Waals surface area contributed by atoms with E-state index in [4.69, 9.17) is 5.11 Å². The third-order valence-corrected chi connectivity index (χ3v) is 5.15. The van der Waals surface area contributed by atoms with Crippen molar-refractivity contribution in [2.24, 2.45) is 0 Å². The van der Waals surface area contributed by atoms with Crippen LogP contribution >= 0.6 is 11.8 Å². The largest absolute Gasteiger partial charge is 0.481 e. The van der Waals surface area contributed by atoms with Crippen molar-refractivity contribution in [3.05, 3.63) is 0 Å². The standard InChI is InChI=1S/C13H23N3O3S/c1-15-4-2-3-10(15)8-14-13(19)16-5-6-20-9-11(16)7-12(17)18/h10-11H,2-9H2,1H3,(H,14,19)(H,17,18). The Kier molecular flexibility index (Phi) is 5.54. The van der Waals surface area contributed by atoms with Gasteiger partial charge in [0.05, 0.1) is 12.5 Å². The first-order chi connectivity index (χ1) is 9.58. The van der Waals surface area contributed by atoms with E-state index < -0.39 is 5.97 Å². The van der Waals surface area contributed by atoms with Crippen LogP contribution in [-0.4, -0.2) is 77.2 Å². The molecule has 20 heavy (non-hydrogen) atoms.